The van der Waals surface area contributed by atoms with E-state index in [4.69, 9.17) is 10.2 Å². The van der Waals surface area contributed by atoms with Crippen LogP contribution in [0.15, 0.2) is 48.8 Å². The lowest BCUT2D eigenvalue weighted by Crippen LogP contribution is -2.01. The molecule has 31 heavy (non-hydrogen) atoms. The number of carboxylic acid groups (broad SMARTS) is 2. The van der Waals surface area contributed by atoms with Gasteiger partial charge in [-0.05, 0) is 36.4 Å². The van der Waals surface area contributed by atoms with Gasteiger partial charge in [0.2, 0.25) is 0 Å². The van der Waals surface area contributed by atoms with Gasteiger partial charge in [-0.3, -0.25) is 0 Å². The summed E-state index contributed by atoms with van der Waals surface area (Å²) < 4.78 is 2.73. The fourth-order valence-corrected chi connectivity index (χ4v) is 2.87. The number of aromatic carboxylic acids is 2. The first-order chi connectivity index (χ1) is 14.8. The second kappa shape index (κ2) is 7.59. The van der Waals surface area contributed by atoms with Crippen LogP contribution in [-0.2, 0) is 6.42 Å². The highest BCUT2D eigenvalue weighted by atomic mass is 16.4. The van der Waals surface area contributed by atoms with Crippen LogP contribution in [-0.4, -0.2) is 62.4 Å². The lowest BCUT2D eigenvalue weighted by molar-refractivity contribution is 0.0682. The molecule has 0 spiro atoms. The summed E-state index contributed by atoms with van der Waals surface area (Å²) in [5, 5.41) is 53.5. The lowest BCUT2D eigenvalue weighted by atomic mass is 10.2. The molecule has 2 aromatic heterocycles. The normalized spacial score (nSPS) is 10.8. The predicted octanol–water partition coefficient (Wildman–Crippen LogP) is 1.25. The smallest absolute Gasteiger partial charge is 0.339 e. The monoisotopic (exact) mass is 422 g/mol. The molecule has 0 unspecified atom stereocenters. The van der Waals surface area contributed by atoms with Gasteiger partial charge in [0.05, 0.1) is 35.2 Å². The van der Waals surface area contributed by atoms with Crippen molar-refractivity contribution in [2.75, 3.05) is 0 Å². The molecule has 0 aliphatic heterocycles. The Bertz CT molecular complexity index is 1210. The molecule has 4 rings (SSSR count). The van der Waals surface area contributed by atoms with E-state index >= 15 is 0 Å². The Morgan fingerprint density at radius 3 is 1.55 bits per heavy atom. The maximum Gasteiger partial charge on any atom is 0.339 e. The van der Waals surface area contributed by atoms with Crippen LogP contribution in [0.5, 0.6) is 11.5 Å². The maximum absolute atomic E-state index is 11.2. The van der Waals surface area contributed by atoms with Crippen molar-refractivity contribution in [3.8, 4) is 22.9 Å². The van der Waals surface area contributed by atoms with E-state index in [-0.39, 0.29) is 29.0 Å². The summed E-state index contributed by atoms with van der Waals surface area (Å²) in [4.78, 5) is 22.4. The summed E-state index contributed by atoms with van der Waals surface area (Å²) in [6.45, 7) is 0. The van der Waals surface area contributed by atoms with Crippen LogP contribution in [0.25, 0.3) is 11.4 Å². The third-order valence-electron chi connectivity index (χ3n) is 4.39. The van der Waals surface area contributed by atoms with Crippen molar-refractivity contribution < 1.29 is 30.0 Å². The Labute approximate surface area is 173 Å². The molecule has 0 radical (unpaired) electrons. The summed E-state index contributed by atoms with van der Waals surface area (Å²) in [5.41, 5.74) is 1.34. The van der Waals surface area contributed by atoms with Gasteiger partial charge in [-0.2, -0.15) is 0 Å². The number of rotatable bonds is 6. The van der Waals surface area contributed by atoms with Crippen molar-refractivity contribution in [1.82, 2.24) is 30.0 Å². The second-order valence-electron chi connectivity index (χ2n) is 6.50. The van der Waals surface area contributed by atoms with Gasteiger partial charge in [-0.15, -0.1) is 10.2 Å². The van der Waals surface area contributed by atoms with Crippen molar-refractivity contribution in [1.29, 1.82) is 0 Å². The van der Waals surface area contributed by atoms with Crippen molar-refractivity contribution in [2.45, 2.75) is 6.42 Å². The molecule has 0 atom stereocenters. The molecular formula is C19H14N6O6. The van der Waals surface area contributed by atoms with E-state index in [1.807, 2.05) is 0 Å². The number of aromatic nitrogens is 6. The number of carboxylic acids is 2. The minimum absolute atomic E-state index is 0.257. The SMILES string of the molecule is O=C(O)c1cc(-n2cc(Cc3cn(-c4ccc(O)c(C(=O)O)c4)nn3)nn2)ccc1O. The number of phenols is 2. The molecule has 0 aliphatic rings. The van der Waals surface area contributed by atoms with E-state index in [2.05, 4.69) is 20.6 Å². The number of hydrogen-bond acceptors (Lipinski definition) is 8. The first-order valence-corrected chi connectivity index (χ1v) is 8.77. The highest BCUT2D eigenvalue weighted by molar-refractivity contribution is 5.92. The van der Waals surface area contributed by atoms with E-state index in [0.29, 0.717) is 22.8 Å². The van der Waals surface area contributed by atoms with E-state index in [1.54, 1.807) is 12.4 Å². The van der Waals surface area contributed by atoms with Crippen molar-refractivity contribution in [3.05, 3.63) is 71.3 Å². The average molecular weight is 422 g/mol. The first-order valence-electron chi connectivity index (χ1n) is 8.77. The summed E-state index contributed by atoms with van der Waals surface area (Å²) in [6, 6.07) is 8.07. The predicted molar refractivity (Wildman–Crippen MR) is 103 cm³/mol. The molecule has 4 aromatic rings. The minimum Gasteiger partial charge on any atom is -0.507 e. The average Bonchev–Trinajstić information content (AvgIpc) is 3.38. The van der Waals surface area contributed by atoms with E-state index in [0.717, 1.165) is 0 Å². The molecule has 12 heteroatoms. The van der Waals surface area contributed by atoms with Gasteiger partial charge in [0.25, 0.3) is 0 Å². The third-order valence-corrected chi connectivity index (χ3v) is 4.39. The molecule has 0 aliphatic carbocycles. The van der Waals surface area contributed by atoms with Crippen LogP contribution >= 0.6 is 0 Å². The van der Waals surface area contributed by atoms with Gasteiger partial charge in [0, 0.05) is 6.42 Å². The molecule has 0 fully saturated rings. The molecule has 156 valence electrons. The van der Waals surface area contributed by atoms with Gasteiger partial charge in [-0.1, -0.05) is 10.4 Å². The van der Waals surface area contributed by atoms with Crippen molar-refractivity contribution >= 4 is 11.9 Å². The van der Waals surface area contributed by atoms with E-state index in [1.165, 1.54) is 45.8 Å². The van der Waals surface area contributed by atoms with Gasteiger partial charge < -0.3 is 20.4 Å². The van der Waals surface area contributed by atoms with Crippen LogP contribution in [0.1, 0.15) is 32.1 Å². The summed E-state index contributed by atoms with van der Waals surface area (Å²) in [7, 11) is 0. The minimum atomic E-state index is -1.27. The summed E-state index contributed by atoms with van der Waals surface area (Å²) in [5.74, 6) is -3.24. The zero-order valence-electron chi connectivity index (χ0n) is 15.6. The zero-order valence-corrected chi connectivity index (χ0v) is 15.6. The van der Waals surface area contributed by atoms with Crippen LogP contribution in [0.4, 0.5) is 0 Å². The van der Waals surface area contributed by atoms with Gasteiger partial charge in [0.15, 0.2) is 0 Å². The van der Waals surface area contributed by atoms with Crippen LogP contribution in [0.2, 0.25) is 0 Å². The number of benzene rings is 2. The zero-order chi connectivity index (χ0) is 22.1. The number of hydrogen-bond donors (Lipinski definition) is 4. The Morgan fingerprint density at radius 1 is 0.742 bits per heavy atom. The Kier molecular flexibility index (Phi) is 4.79. The molecular weight excluding hydrogens is 408 g/mol. The molecule has 4 N–H and O–H groups in total. The molecule has 0 bridgehead atoms. The molecule has 0 saturated heterocycles. The fraction of sp³-hybridized carbons (Fsp3) is 0.0526. The Balaban J connectivity index is 1.55. The maximum atomic E-state index is 11.2. The fourth-order valence-electron chi connectivity index (χ4n) is 2.87. The first kappa shape index (κ1) is 19.6. The summed E-state index contributed by atoms with van der Waals surface area (Å²) in [6.07, 6.45) is 3.42. The van der Waals surface area contributed by atoms with Crippen LogP contribution < -0.4 is 0 Å². The molecule has 2 aromatic carbocycles. The number of carbonyl (C=O) groups is 2. The largest absolute Gasteiger partial charge is 0.507 e. The molecule has 2 heterocycles. The van der Waals surface area contributed by atoms with Crippen molar-refractivity contribution in [2.24, 2.45) is 0 Å². The topological polar surface area (TPSA) is 176 Å². The number of nitrogens with zero attached hydrogens (tertiary/aromatic N) is 6. The highest BCUT2D eigenvalue weighted by Crippen LogP contribution is 2.22. The third kappa shape index (κ3) is 3.89. The van der Waals surface area contributed by atoms with Crippen molar-refractivity contribution in [3.63, 3.8) is 0 Å². The highest BCUT2D eigenvalue weighted by Gasteiger charge is 2.14. The molecule has 0 amide bonds. The molecule has 0 saturated carbocycles. The van der Waals surface area contributed by atoms with Crippen LogP contribution in [0.3, 0.4) is 0 Å². The Hall–Kier alpha value is -4.74. The second-order valence-corrected chi connectivity index (χ2v) is 6.50. The van der Waals surface area contributed by atoms with Gasteiger partial charge in [0.1, 0.15) is 22.6 Å². The lowest BCUT2D eigenvalue weighted by Gasteiger charge is -2.03. The number of aromatic hydroxyl groups is 2. The van der Waals surface area contributed by atoms with E-state index < -0.39 is 11.9 Å². The van der Waals surface area contributed by atoms with Gasteiger partial charge >= 0.3 is 11.9 Å². The summed E-state index contributed by atoms with van der Waals surface area (Å²) >= 11 is 0. The quantitative estimate of drug-likeness (QED) is 0.353. The molecule has 12 nitrogen and oxygen atoms in total. The van der Waals surface area contributed by atoms with E-state index in [9.17, 15) is 19.8 Å². The standard InChI is InChI=1S/C19H14N6O6/c26-16-3-1-12(6-14(16)18(28)29)24-8-10(20-22-24)5-11-9-25(23-21-11)13-2-4-17(27)15(7-13)19(30)31/h1-4,6-9,26-27H,5H2,(H,28,29)(H,30,31). The van der Waals surface area contributed by atoms with Crippen LogP contribution in [0, 0.1) is 0 Å². The van der Waals surface area contributed by atoms with Gasteiger partial charge in [-0.25, -0.2) is 19.0 Å². The Morgan fingerprint density at radius 2 is 1.16 bits per heavy atom.